The molecule has 5 rings (SSSR count). The smallest absolute Gasteiger partial charge is 0.227 e. The summed E-state index contributed by atoms with van der Waals surface area (Å²) in [6, 6.07) is 14.2. The molecule has 0 fully saturated rings. The SMILES string of the molecule is [2H]C([2H])([2H])c1c[n+](C)c(-c2c(C)c3ccccc3c3c2oc2ncccc23)cc1C. The summed E-state index contributed by atoms with van der Waals surface area (Å²) in [7, 11) is 1.88. The van der Waals surface area contributed by atoms with Gasteiger partial charge in [0.2, 0.25) is 11.4 Å². The van der Waals surface area contributed by atoms with Crippen molar-refractivity contribution < 1.29 is 13.1 Å². The molecule has 27 heavy (non-hydrogen) atoms. The second-order valence-corrected chi connectivity index (χ2v) is 7.07. The first-order valence-electron chi connectivity index (χ1n) is 10.5. The van der Waals surface area contributed by atoms with Gasteiger partial charge in [0, 0.05) is 32.7 Å². The first kappa shape index (κ1) is 13.0. The van der Waals surface area contributed by atoms with E-state index in [2.05, 4.69) is 24.0 Å². The van der Waals surface area contributed by atoms with Crippen LogP contribution in [0.4, 0.5) is 0 Å². The Morgan fingerprint density at radius 1 is 1.00 bits per heavy atom. The van der Waals surface area contributed by atoms with Gasteiger partial charge in [0.15, 0.2) is 11.8 Å². The number of aromatic nitrogens is 2. The van der Waals surface area contributed by atoms with Crippen LogP contribution in [0.25, 0.3) is 44.1 Å². The third-order valence-corrected chi connectivity index (χ3v) is 5.41. The Bertz CT molecular complexity index is 1470. The molecule has 3 nitrogen and oxygen atoms in total. The number of aryl methyl sites for hydroxylation is 4. The van der Waals surface area contributed by atoms with Gasteiger partial charge < -0.3 is 4.42 Å². The molecule has 0 saturated heterocycles. The maximum Gasteiger partial charge on any atom is 0.227 e. The number of rotatable bonds is 1. The Balaban J connectivity index is 1.97. The minimum Gasteiger partial charge on any atom is -0.437 e. The fourth-order valence-corrected chi connectivity index (χ4v) is 4.02. The second kappa shape index (κ2) is 5.65. The lowest BCUT2D eigenvalue weighted by molar-refractivity contribution is -0.660. The van der Waals surface area contributed by atoms with E-state index >= 15 is 0 Å². The van der Waals surface area contributed by atoms with Gasteiger partial charge >= 0.3 is 0 Å². The lowest BCUT2D eigenvalue weighted by atomic mass is 9.93. The maximum absolute atomic E-state index is 7.83. The highest BCUT2D eigenvalue weighted by Crippen LogP contribution is 2.42. The first-order chi connectivity index (χ1) is 14.3. The summed E-state index contributed by atoms with van der Waals surface area (Å²) >= 11 is 0. The van der Waals surface area contributed by atoms with E-state index in [-0.39, 0.29) is 0 Å². The Hall–Kier alpha value is -3.20. The molecule has 2 aromatic carbocycles. The van der Waals surface area contributed by atoms with E-state index in [1.807, 2.05) is 48.9 Å². The van der Waals surface area contributed by atoms with E-state index in [0.29, 0.717) is 11.3 Å². The van der Waals surface area contributed by atoms with Crippen molar-refractivity contribution in [3.05, 3.63) is 71.5 Å². The van der Waals surface area contributed by atoms with Crippen LogP contribution in [-0.4, -0.2) is 4.98 Å². The quantitative estimate of drug-likeness (QED) is 0.369. The van der Waals surface area contributed by atoms with E-state index in [4.69, 9.17) is 8.53 Å². The molecule has 0 saturated carbocycles. The molecule has 3 heterocycles. The van der Waals surface area contributed by atoms with Gasteiger partial charge in [-0.1, -0.05) is 24.3 Å². The van der Waals surface area contributed by atoms with E-state index in [0.717, 1.165) is 49.5 Å². The molecule has 0 unspecified atom stereocenters. The molecule has 5 aromatic rings. The number of pyridine rings is 2. The number of hydrogen-bond acceptors (Lipinski definition) is 2. The maximum atomic E-state index is 7.83. The van der Waals surface area contributed by atoms with Crippen LogP contribution in [0.5, 0.6) is 0 Å². The van der Waals surface area contributed by atoms with Crippen molar-refractivity contribution in [3.8, 4) is 11.3 Å². The number of furan rings is 1. The van der Waals surface area contributed by atoms with Crippen LogP contribution in [0.15, 0.2) is 59.3 Å². The van der Waals surface area contributed by atoms with Crippen molar-refractivity contribution in [1.82, 2.24) is 4.98 Å². The van der Waals surface area contributed by atoms with Crippen molar-refractivity contribution in [2.24, 2.45) is 7.05 Å². The van der Waals surface area contributed by atoms with Crippen molar-refractivity contribution in [2.75, 3.05) is 0 Å². The Kier molecular flexibility index (Phi) is 2.73. The molecule has 0 aliphatic carbocycles. The van der Waals surface area contributed by atoms with Crippen LogP contribution in [0.3, 0.4) is 0 Å². The summed E-state index contributed by atoms with van der Waals surface area (Å²) in [4.78, 5) is 4.43. The van der Waals surface area contributed by atoms with Gasteiger partial charge in [-0.2, -0.15) is 0 Å². The van der Waals surface area contributed by atoms with Crippen LogP contribution in [-0.2, 0) is 7.05 Å². The molecule has 0 amide bonds. The van der Waals surface area contributed by atoms with E-state index in [1.54, 1.807) is 12.4 Å². The molecule has 3 heteroatoms. The number of hydrogen-bond donors (Lipinski definition) is 0. The van der Waals surface area contributed by atoms with E-state index < -0.39 is 6.85 Å². The normalized spacial score (nSPS) is 13.8. The minimum absolute atomic E-state index is 0.356. The van der Waals surface area contributed by atoms with E-state index in [9.17, 15) is 0 Å². The van der Waals surface area contributed by atoms with Gasteiger partial charge in [0.25, 0.3) is 0 Å². The van der Waals surface area contributed by atoms with Gasteiger partial charge in [-0.25, -0.2) is 9.55 Å². The fourth-order valence-electron chi connectivity index (χ4n) is 4.02. The minimum atomic E-state index is -2.16. The molecule has 0 aliphatic rings. The van der Waals surface area contributed by atoms with E-state index in [1.165, 1.54) is 0 Å². The highest BCUT2D eigenvalue weighted by atomic mass is 16.3. The molecule has 0 atom stereocenters. The van der Waals surface area contributed by atoms with Crippen LogP contribution in [0, 0.1) is 20.7 Å². The molecule has 0 aliphatic heterocycles. The average molecular weight is 356 g/mol. The largest absolute Gasteiger partial charge is 0.437 e. The zero-order valence-electron chi connectivity index (χ0n) is 18.5. The first-order valence-corrected chi connectivity index (χ1v) is 8.97. The third-order valence-electron chi connectivity index (χ3n) is 5.41. The lowest BCUT2D eigenvalue weighted by Crippen LogP contribution is -2.31. The topological polar surface area (TPSA) is 29.9 Å². The summed E-state index contributed by atoms with van der Waals surface area (Å²) in [5, 5.41) is 4.28. The average Bonchev–Trinajstić information content (AvgIpc) is 3.09. The van der Waals surface area contributed by atoms with Gasteiger partial charge in [-0.15, -0.1) is 0 Å². The molecule has 0 N–H and O–H groups in total. The zero-order chi connectivity index (χ0) is 21.2. The Labute approximate surface area is 162 Å². The van der Waals surface area contributed by atoms with Gasteiger partial charge in [-0.05, 0) is 54.7 Å². The molecule has 132 valence electrons. The molecule has 3 aromatic heterocycles. The highest BCUT2D eigenvalue weighted by molar-refractivity contribution is 6.22. The summed E-state index contributed by atoms with van der Waals surface area (Å²) in [5.74, 6) is 0. The van der Waals surface area contributed by atoms with Crippen molar-refractivity contribution in [1.29, 1.82) is 0 Å². The Morgan fingerprint density at radius 2 is 1.78 bits per heavy atom. The number of benzene rings is 2. The Morgan fingerprint density at radius 3 is 2.59 bits per heavy atom. The van der Waals surface area contributed by atoms with Crippen LogP contribution in [0.1, 0.15) is 20.8 Å². The van der Waals surface area contributed by atoms with Gasteiger partial charge in [0.05, 0.1) is 5.56 Å². The van der Waals surface area contributed by atoms with Crippen LogP contribution >= 0.6 is 0 Å². The van der Waals surface area contributed by atoms with Gasteiger partial charge in [-0.3, -0.25) is 0 Å². The highest BCUT2D eigenvalue weighted by Gasteiger charge is 2.24. The van der Waals surface area contributed by atoms with Crippen molar-refractivity contribution in [2.45, 2.75) is 20.7 Å². The fraction of sp³-hybridized carbons (Fsp3) is 0.167. The predicted octanol–water partition coefficient (Wildman–Crippen LogP) is 5.55. The monoisotopic (exact) mass is 356 g/mol. The lowest BCUT2D eigenvalue weighted by Gasteiger charge is -2.11. The number of nitrogens with zero attached hydrogens (tertiary/aromatic N) is 2. The molecule has 0 radical (unpaired) electrons. The molecule has 0 spiro atoms. The molecule has 0 bridgehead atoms. The summed E-state index contributed by atoms with van der Waals surface area (Å²) < 4.78 is 31.7. The third kappa shape index (κ3) is 2.21. The van der Waals surface area contributed by atoms with Crippen LogP contribution < -0.4 is 4.57 Å². The number of fused-ring (bicyclic) bond motifs is 5. The van der Waals surface area contributed by atoms with Crippen molar-refractivity contribution >= 4 is 32.8 Å². The summed E-state index contributed by atoms with van der Waals surface area (Å²) in [5.41, 5.74) is 5.43. The van der Waals surface area contributed by atoms with Gasteiger partial charge in [0.1, 0.15) is 7.05 Å². The standard InChI is InChI=1S/C24H21N2O/c1-14-12-20(26(4)13-15(14)2)21-16(3)17-8-5-6-9-18(17)22-19-10-7-11-25-24(19)27-23(21)22/h5-13H,1-4H3/q+1/i2D3. The second-order valence-electron chi connectivity index (χ2n) is 7.07. The molecular formula is C24H21N2O+. The van der Waals surface area contributed by atoms with Crippen molar-refractivity contribution in [3.63, 3.8) is 0 Å². The molecular weight excluding hydrogens is 332 g/mol. The van der Waals surface area contributed by atoms with Crippen LogP contribution in [0.2, 0.25) is 0 Å². The summed E-state index contributed by atoms with van der Waals surface area (Å²) in [6.45, 7) is 1.78. The zero-order valence-corrected chi connectivity index (χ0v) is 15.5. The predicted molar refractivity (Wildman–Crippen MR) is 110 cm³/mol. The summed E-state index contributed by atoms with van der Waals surface area (Å²) in [6.07, 6.45) is 3.44.